The highest BCUT2D eigenvalue weighted by molar-refractivity contribution is 9.10. The maximum atomic E-state index is 13.1. The highest BCUT2D eigenvalue weighted by Gasteiger charge is 2.46. The van der Waals surface area contributed by atoms with Crippen LogP contribution in [0.2, 0.25) is 0 Å². The van der Waals surface area contributed by atoms with Gasteiger partial charge in [0.2, 0.25) is 0 Å². The van der Waals surface area contributed by atoms with Gasteiger partial charge in [-0.3, -0.25) is 0 Å². The van der Waals surface area contributed by atoms with Crippen molar-refractivity contribution >= 4 is 15.9 Å². The molecule has 2 unspecified atom stereocenters. The Morgan fingerprint density at radius 1 is 1.53 bits per heavy atom. The standard InChI is InChI=1S/C13H17BrFNO/c1-13(2)11(6-12(13)17)16-7-8-5-9(15)3-4-10(8)14/h3-5,11-12,16-17H,6-7H2,1-2H3. The zero-order chi connectivity index (χ0) is 12.6. The molecule has 0 heterocycles. The first kappa shape index (κ1) is 13.0. The first-order valence-electron chi connectivity index (χ1n) is 5.76. The van der Waals surface area contributed by atoms with Gasteiger partial charge in [0.25, 0.3) is 0 Å². The number of nitrogens with one attached hydrogen (secondary N) is 1. The molecule has 0 saturated heterocycles. The molecule has 1 aromatic carbocycles. The molecule has 2 rings (SSSR count). The minimum absolute atomic E-state index is 0.0974. The number of aliphatic hydroxyl groups is 1. The van der Waals surface area contributed by atoms with Crippen molar-refractivity contribution in [3.63, 3.8) is 0 Å². The minimum atomic E-state index is -0.240. The molecule has 1 aromatic rings. The van der Waals surface area contributed by atoms with Crippen LogP contribution in [0.5, 0.6) is 0 Å². The van der Waals surface area contributed by atoms with Crippen molar-refractivity contribution in [2.24, 2.45) is 5.41 Å². The second kappa shape index (κ2) is 4.67. The van der Waals surface area contributed by atoms with Gasteiger partial charge in [-0.1, -0.05) is 29.8 Å². The van der Waals surface area contributed by atoms with Gasteiger partial charge in [0.1, 0.15) is 5.82 Å². The van der Waals surface area contributed by atoms with Gasteiger partial charge in [0, 0.05) is 22.5 Å². The van der Waals surface area contributed by atoms with E-state index in [1.165, 1.54) is 12.1 Å². The Bertz CT molecular complexity index is 422. The summed E-state index contributed by atoms with van der Waals surface area (Å²) in [5, 5.41) is 13.0. The fourth-order valence-electron chi connectivity index (χ4n) is 2.16. The number of hydrogen-bond donors (Lipinski definition) is 2. The lowest BCUT2D eigenvalue weighted by Gasteiger charge is -2.49. The molecule has 2 atom stereocenters. The van der Waals surface area contributed by atoms with Crippen molar-refractivity contribution in [3.8, 4) is 0 Å². The fourth-order valence-corrected chi connectivity index (χ4v) is 2.55. The molecule has 2 nitrogen and oxygen atoms in total. The molecule has 4 heteroatoms. The van der Waals surface area contributed by atoms with Crippen LogP contribution < -0.4 is 5.32 Å². The molecule has 17 heavy (non-hydrogen) atoms. The van der Waals surface area contributed by atoms with E-state index in [1.807, 2.05) is 13.8 Å². The van der Waals surface area contributed by atoms with Gasteiger partial charge >= 0.3 is 0 Å². The highest BCUT2D eigenvalue weighted by atomic mass is 79.9. The Kier molecular flexibility index (Phi) is 3.57. The SMILES string of the molecule is CC1(C)C(O)CC1NCc1cc(F)ccc1Br. The Hall–Kier alpha value is -0.450. The molecular formula is C13H17BrFNO. The highest BCUT2D eigenvalue weighted by Crippen LogP contribution is 2.40. The van der Waals surface area contributed by atoms with Crippen LogP contribution in [0.3, 0.4) is 0 Å². The monoisotopic (exact) mass is 301 g/mol. The lowest BCUT2D eigenvalue weighted by Crippen LogP contribution is -2.59. The first-order valence-corrected chi connectivity index (χ1v) is 6.56. The van der Waals surface area contributed by atoms with Crippen molar-refractivity contribution in [2.45, 2.75) is 39.0 Å². The van der Waals surface area contributed by atoms with E-state index in [0.717, 1.165) is 16.5 Å². The van der Waals surface area contributed by atoms with Crippen molar-refractivity contribution in [2.75, 3.05) is 0 Å². The smallest absolute Gasteiger partial charge is 0.123 e. The normalized spacial score (nSPS) is 26.6. The van der Waals surface area contributed by atoms with Crippen molar-refractivity contribution in [1.29, 1.82) is 0 Å². The number of halogens is 2. The summed E-state index contributed by atoms with van der Waals surface area (Å²) in [4.78, 5) is 0. The average molecular weight is 302 g/mol. The van der Waals surface area contributed by atoms with Crippen LogP contribution in [0.15, 0.2) is 22.7 Å². The molecule has 0 amide bonds. The van der Waals surface area contributed by atoms with Gasteiger partial charge in [-0.15, -0.1) is 0 Å². The second-order valence-electron chi connectivity index (χ2n) is 5.24. The lowest BCUT2D eigenvalue weighted by molar-refractivity contribution is -0.0730. The van der Waals surface area contributed by atoms with Crippen LogP contribution >= 0.6 is 15.9 Å². The largest absolute Gasteiger partial charge is 0.392 e. The number of rotatable bonds is 3. The van der Waals surface area contributed by atoms with Gasteiger partial charge < -0.3 is 10.4 Å². The van der Waals surface area contributed by atoms with Gasteiger partial charge in [-0.2, -0.15) is 0 Å². The van der Waals surface area contributed by atoms with E-state index >= 15 is 0 Å². The van der Waals surface area contributed by atoms with E-state index in [0.29, 0.717) is 6.54 Å². The maximum Gasteiger partial charge on any atom is 0.123 e. The molecular weight excluding hydrogens is 285 g/mol. The minimum Gasteiger partial charge on any atom is -0.392 e. The summed E-state index contributed by atoms with van der Waals surface area (Å²) >= 11 is 3.40. The molecule has 0 radical (unpaired) electrons. The summed E-state index contributed by atoms with van der Waals surface area (Å²) in [5.74, 6) is -0.224. The molecule has 1 saturated carbocycles. The zero-order valence-electron chi connectivity index (χ0n) is 10.0. The lowest BCUT2D eigenvalue weighted by atomic mass is 9.64. The molecule has 2 N–H and O–H groups in total. The molecule has 1 aliphatic carbocycles. The van der Waals surface area contributed by atoms with Crippen molar-refractivity contribution < 1.29 is 9.50 Å². The number of hydrogen-bond acceptors (Lipinski definition) is 2. The summed E-state index contributed by atoms with van der Waals surface area (Å²) in [7, 11) is 0. The summed E-state index contributed by atoms with van der Waals surface area (Å²) in [6, 6.07) is 4.96. The third-order valence-electron chi connectivity index (χ3n) is 3.76. The Balaban J connectivity index is 1.97. The third kappa shape index (κ3) is 2.54. The van der Waals surface area contributed by atoms with E-state index in [4.69, 9.17) is 0 Å². The zero-order valence-corrected chi connectivity index (χ0v) is 11.6. The maximum absolute atomic E-state index is 13.1. The van der Waals surface area contributed by atoms with E-state index in [9.17, 15) is 9.50 Å². The van der Waals surface area contributed by atoms with E-state index < -0.39 is 0 Å². The Morgan fingerprint density at radius 3 is 2.82 bits per heavy atom. The quantitative estimate of drug-likeness (QED) is 0.900. The van der Waals surface area contributed by atoms with E-state index in [1.54, 1.807) is 6.07 Å². The topological polar surface area (TPSA) is 32.3 Å². The molecule has 0 aromatic heterocycles. The molecule has 0 bridgehead atoms. The number of aliphatic hydroxyl groups excluding tert-OH is 1. The molecule has 1 aliphatic rings. The summed E-state index contributed by atoms with van der Waals surface area (Å²) in [6.45, 7) is 4.69. The summed E-state index contributed by atoms with van der Waals surface area (Å²) in [6.07, 6.45) is 0.524. The van der Waals surface area contributed by atoms with Crippen molar-refractivity contribution in [3.05, 3.63) is 34.1 Å². The van der Waals surface area contributed by atoms with Gasteiger partial charge in [-0.05, 0) is 30.2 Å². The van der Waals surface area contributed by atoms with E-state index in [-0.39, 0.29) is 23.4 Å². The van der Waals surface area contributed by atoms with Crippen LogP contribution in [-0.2, 0) is 6.54 Å². The van der Waals surface area contributed by atoms with Gasteiger partial charge in [0.15, 0.2) is 0 Å². The Morgan fingerprint density at radius 2 is 2.24 bits per heavy atom. The van der Waals surface area contributed by atoms with Crippen LogP contribution in [0.25, 0.3) is 0 Å². The fraction of sp³-hybridized carbons (Fsp3) is 0.538. The van der Waals surface area contributed by atoms with E-state index in [2.05, 4.69) is 21.2 Å². The van der Waals surface area contributed by atoms with Crippen LogP contribution in [0.1, 0.15) is 25.8 Å². The molecule has 0 aliphatic heterocycles. The summed E-state index contributed by atoms with van der Waals surface area (Å²) < 4.78 is 14.0. The predicted octanol–water partition coefficient (Wildman–Crippen LogP) is 2.84. The molecule has 1 fully saturated rings. The third-order valence-corrected chi connectivity index (χ3v) is 4.54. The second-order valence-corrected chi connectivity index (χ2v) is 6.10. The van der Waals surface area contributed by atoms with Gasteiger partial charge in [0.05, 0.1) is 6.10 Å². The molecule has 94 valence electrons. The first-order chi connectivity index (χ1) is 7.91. The van der Waals surface area contributed by atoms with Gasteiger partial charge in [-0.25, -0.2) is 4.39 Å². The molecule has 0 spiro atoms. The van der Waals surface area contributed by atoms with Crippen LogP contribution in [0, 0.1) is 11.2 Å². The summed E-state index contributed by atoms with van der Waals surface area (Å²) in [5.41, 5.74) is 0.807. The van der Waals surface area contributed by atoms with Crippen LogP contribution in [0.4, 0.5) is 4.39 Å². The number of benzene rings is 1. The van der Waals surface area contributed by atoms with Crippen molar-refractivity contribution in [1.82, 2.24) is 5.32 Å². The van der Waals surface area contributed by atoms with Crippen LogP contribution in [-0.4, -0.2) is 17.3 Å². The predicted molar refractivity (Wildman–Crippen MR) is 69.1 cm³/mol. The average Bonchev–Trinajstić information content (AvgIpc) is 2.28. The Labute approximate surface area is 109 Å².